The molecule has 1 rings (SSSR count). The number of aliphatic imine (C=N–C) groups is 1. The number of allylic oxidation sites excluding steroid dienone is 1. The molecule has 0 aromatic heterocycles. The maximum absolute atomic E-state index is 5.03. The average Bonchev–Trinajstić information content (AvgIpc) is 1.89. The fourth-order valence-electron chi connectivity index (χ4n) is 0.528. The third-order valence-corrected chi connectivity index (χ3v) is 1.92. The highest BCUT2D eigenvalue weighted by atomic mass is 127. The first-order chi connectivity index (χ1) is 4.34. The molecule has 0 saturated heterocycles. The number of halogens is 1. The Bertz CT molecular complexity index is 183. The Hall–Kier alpha value is -0.390. The molecule has 1 atom stereocenters. The molecular formula is C5H6IN3. The van der Waals surface area contributed by atoms with Crippen molar-refractivity contribution in [1.82, 2.24) is 0 Å². The molecular weight excluding hydrogens is 229 g/mol. The minimum atomic E-state index is 0.234. The van der Waals surface area contributed by atoms with Crippen LogP contribution in [0.3, 0.4) is 0 Å². The van der Waals surface area contributed by atoms with Crippen molar-refractivity contribution in [2.75, 3.05) is 0 Å². The average molecular weight is 235 g/mol. The molecule has 0 aliphatic carbocycles. The second-order valence-corrected chi connectivity index (χ2v) is 2.89. The van der Waals surface area contributed by atoms with E-state index in [2.05, 4.69) is 32.7 Å². The Kier molecular flexibility index (Phi) is 2.21. The largest absolute Gasteiger partial charge is 0.321 e. The number of dihydropyridines is 1. The summed E-state index contributed by atoms with van der Waals surface area (Å²) in [6.45, 7) is 0. The number of nitrogens with two attached hydrogens (primary N) is 1. The summed E-state index contributed by atoms with van der Waals surface area (Å²) >= 11 is 2.21. The molecule has 0 bridgehead atoms. The number of rotatable bonds is 0. The lowest BCUT2D eigenvalue weighted by Crippen LogP contribution is -2.13. The lowest BCUT2D eigenvalue weighted by atomic mass is 10.3. The zero-order valence-corrected chi connectivity index (χ0v) is 6.82. The second-order valence-electron chi connectivity index (χ2n) is 1.55. The molecule has 0 aromatic rings. The van der Waals surface area contributed by atoms with E-state index in [0.717, 1.165) is 0 Å². The molecule has 0 saturated carbocycles. The molecule has 1 aliphatic rings. The van der Waals surface area contributed by atoms with Gasteiger partial charge in [0.25, 0.3) is 0 Å². The van der Waals surface area contributed by atoms with Crippen molar-refractivity contribution in [3.8, 4) is 0 Å². The number of hydrogen-bond acceptors (Lipinski definition) is 2. The standard InChI is InChI=1S/C5H6IN3/c6-4-2-1-3-8-5(4)9-7/h1-4H,7H2/b9-5+. The summed E-state index contributed by atoms with van der Waals surface area (Å²) in [6, 6.07) is 0. The highest BCUT2D eigenvalue weighted by Crippen LogP contribution is 2.08. The van der Waals surface area contributed by atoms with Crippen LogP contribution in [0.4, 0.5) is 0 Å². The lowest BCUT2D eigenvalue weighted by molar-refractivity contribution is 1.20. The third-order valence-electron chi connectivity index (χ3n) is 0.952. The van der Waals surface area contributed by atoms with Gasteiger partial charge in [-0.05, 0) is 6.08 Å². The van der Waals surface area contributed by atoms with Crippen molar-refractivity contribution < 1.29 is 0 Å². The molecule has 1 unspecified atom stereocenters. The van der Waals surface area contributed by atoms with Gasteiger partial charge in [-0.15, -0.1) is 0 Å². The summed E-state index contributed by atoms with van der Waals surface area (Å²) in [5.41, 5.74) is 0. The summed E-state index contributed by atoms with van der Waals surface area (Å²) in [4.78, 5) is 3.93. The maximum Gasteiger partial charge on any atom is 0.164 e. The Labute approximate surface area is 66.9 Å². The van der Waals surface area contributed by atoms with E-state index < -0.39 is 0 Å². The summed E-state index contributed by atoms with van der Waals surface area (Å²) in [7, 11) is 0. The van der Waals surface area contributed by atoms with Crippen LogP contribution in [0.2, 0.25) is 0 Å². The van der Waals surface area contributed by atoms with Crippen LogP contribution in [0.1, 0.15) is 0 Å². The molecule has 1 heterocycles. The van der Waals surface area contributed by atoms with Crippen LogP contribution in [0.15, 0.2) is 22.2 Å². The molecule has 48 valence electrons. The van der Waals surface area contributed by atoms with Crippen LogP contribution in [0.25, 0.3) is 0 Å². The normalized spacial score (nSPS) is 29.4. The van der Waals surface area contributed by atoms with Crippen molar-refractivity contribution in [2.24, 2.45) is 15.9 Å². The molecule has 4 heteroatoms. The van der Waals surface area contributed by atoms with Gasteiger partial charge in [0.15, 0.2) is 5.84 Å². The predicted octanol–water partition coefficient (Wildman–Crippen LogP) is 0.703. The quantitative estimate of drug-likeness (QED) is 0.286. The topological polar surface area (TPSA) is 50.7 Å². The van der Waals surface area contributed by atoms with Gasteiger partial charge in [-0.1, -0.05) is 28.7 Å². The fraction of sp³-hybridized carbons (Fsp3) is 0.200. The Morgan fingerprint density at radius 1 is 1.78 bits per heavy atom. The minimum absolute atomic E-state index is 0.234. The number of nitrogens with zero attached hydrogens (tertiary/aromatic N) is 2. The smallest absolute Gasteiger partial charge is 0.164 e. The minimum Gasteiger partial charge on any atom is -0.321 e. The van der Waals surface area contributed by atoms with Crippen LogP contribution in [0.5, 0.6) is 0 Å². The monoisotopic (exact) mass is 235 g/mol. The SMILES string of the molecule is N/N=C1/N=CC=CC1I. The maximum atomic E-state index is 5.03. The van der Waals surface area contributed by atoms with E-state index in [4.69, 9.17) is 5.84 Å². The van der Waals surface area contributed by atoms with E-state index in [1.54, 1.807) is 6.21 Å². The van der Waals surface area contributed by atoms with Crippen molar-refractivity contribution in [3.05, 3.63) is 12.2 Å². The highest BCUT2D eigenvalue weighted by Gasteiger charge is 2.08. The number of hydrogen-bond donors (Lipinski definition) is 1. The molecule has 9 heavy (non-hydrogen) atoms. The summed E-state index contributed by atoms with van der Waals surface area (Å²) in [5.74, 6) is 5.71. The Morgan fingerprint density at radius 3 is 3.00 bits per heavy atom. The lowest BCUT2D eigenvalue weighted by Gasteiger charge is -2.04. The van der Waals surface area contributed by atoms with E-state index >= 15 is 0 Å². The van der Waals surface area contributed by atoms with Gasteiger partial charge in [-0.3, -0.25) is 0 Å². The van der Waals surface area contributed by atoms with E-state index in [1.807, 2.05) is 12.2 Å². The van der Waals surface area contributed by atoms with Crippen LogP contribution in [0, 0.1) is 0 Å². The van der Waals surface area contributed by atoms with E-state index in [1.165, 1.54) is 0 Å². The van der Waals surface area contributed by atoms with Crippen molar-refractivity contribution in [2.45, 2.75) is 3.92 Å². The Morgan fingerprint density at radius 2 is 2.56 bits per heavy atom. The van der Waals surface area contributed by atoms with Crippen LogP contribution < -0.4 is 5.84 Å². The van der Waals surface area contributed by atoms with Crippen molar-refractivity contribution in [1.29, 1.82) is 0 Å². The molecule has 0 radical (unpaired) electrons. The zero-order chi connectivity index (χ0) is 6.69. The van der Waals surface area contributed by atoms with Crippen LogP contribution in [-0.2, 0) is 0 Å². The first-order valence-electron chi connectivity index (χ1n) is 2.47. The number of alkyl halides is 1. The third kappa shape index (κ3) is 1.51. The van der Waals surface area contributed by atoms with Gasteiger partial charge in [0.1, 0.15) is 0 Å². The zero-order valence-electron chi connectivity index (χ0n) is 4.66. The van der Waals surface area contributed by atoms with Gasteiger partial charge >= 0.3 is 0 Å². The summed E-state index contributed by atoms with van der Waals surface area (Å²) in [5, 5.41) is 3.49. The van der Waals surface area contributed by atoms with Crippen molar-refractivity contribution in [3.63, 3.8) is 0 Å². The van der Waals surface area contributed by atoms with E-state index in [9.17, 15) is 0 Å². The van der Waals surface area contributed by atoms with Crippen LogP contribution >= 0.6 is 22.6 Å². The molecule has 0 fully saturated rings. The molecule has 3 nitrogen and oxygen atoms in total. The number of hydrazone groups is 1. The van der Waals surface area contributed by atoms with Crippen LogP contribution in [-0.4, -0.2) is 16.0 Å². The van der Waals surface area contributed by atoms with Gasteiger partial charge in [0.05, 0.1) is 3.92 Å². The molecule has 2 N–H and O–H groups in total. The van der Waals surface area contributed by atoms with E-state index in [-0.39, 0.29) is 3.92 Å². The first-order valence-corrected chi connectivity index (χ1v) is 3.72. The summed E-state index contributed by atoms with van der Waals surface area (Å²) < 4.78 is 0.234. The number of amidine groups is 1. The molecule has 0 spiro atoms. The van der Waals surface area contributed by atoms with E-state index in [0.29, 0.717) is 5.84 Å². The molecule has 0 amide bonds. The van der Waals surface area contributed by atoms with Gasteiger partial charge in [0.2, 0.25) is 0 Å². The van der Waals surface area contributed by atoms with Gasteiger partial charge in [-0.2, -0.15) is 5.10 Å². The highest BCUT2D eigenvalue weighted by molar-refractivity contribution is 14.1. The second kappa shape index (κ2) is 2.95. The first kappa shape index (κ1) is 6.73. The van der Waals surface area contributed by atoms with Gasteiger partial charge in [0, 0.05) is 6.21 Å². The summed E-state index contributed by atoms with van der Waals surface area (Å²) in [6.07, 6.45) is 5.55. The van der Waals surface area contributed by atoms with Gasteiger partial charge < -0.3 is 5.84 Å². The fourth-order valence-corrected chi connectivity index (χ4v) is 1.09. The van der Waals surface area contributed by atoms with Crippen molar-refractivity contribution >= 4 is 34.6 Å². The Balaban J connectivity index is 2.78. The van der Waals surface area contributed by atoms with Gasteiger partial charge in [-0.25, -0.2) is 4.99 Å². The molecule has 1 aliphatic heterocycles. The predicted molar refractivity (Wildman–Crippen MR) is 47.1 cm³/mol. The molecule has 0 aromatic carbocycles.